The summed E-state index contributed by atoms with van der Waals surface area (Å²) in [5.74, 6) is 0.604. The quantitative estimate of drug-likeness (QED) is 0.664. The summed E-state index contributed by atoms with van der Waals surface area (Å²) in [6, 6.07) is 2.58. The Kier molecular flexibility index (Phi) is 4.10. The van der Waals surface area contributed by atoms with E-state index in [4.69, 9.17) is 17.1 Å². The number of hydrogen-bond donors (Lipinski definition) is 1. The van der Waals surface area contributed by atoms with E-state index in [0.29, 0.717) is 0 Å². The molecule has 0 fully saturated rings. The van der Waals surface area contributed by atoms with Crippen LogP contribution in [0.15, 0.2) is 23.1 Å². The van der Waals surface area contributed by atoms with Crippen molar-refractivity contribution >= 4 is 25.6 Å². The molecule has 90 valence electrons. The van der Waals surface area contributed by atoms with Gasteiger partial charge in [-0.15, -0.1) is 6.42 Å². The van der Waals surface area contributed by atoms with Gasteiger partial charge in [0.05, 0.1) is 11.4 Å². The van der Waals surface area contributed by atoms with Crippen LogP contribution in [0.1, 0.15) is 10.4 Å². The van der Waals surface area contributed by atoms with E-state index in [1.165, 1.54) is 0 Å². The Morgan fingerprint density at radius 3 is 2.65 bits per heavy atom. The van der Waals surface area contributed by atoms with Gasteiger partial charge in [-0.3, -0.25) is 4.79 Å². The van der Waals surface area contributed by atoms with Gasteiger partial charge in [0.2, 0.25) is 0 Å². The fourth-order valence-electron chi connectivity index (χ4n) is 1.07. The van der Waals surface area contributed by atoms with Gasteiger partial charge in [0.1, 0.15) is 5.82 Å². The normalized spacial score (nSPS) is 10.6. The van der Waals surface area contributed by atoms with E-state index in [-0.39, 0.29) is 12.1 Å². The standard InChI is InChI=1S/C10H7ClFNO3S/c1-2-3-13-10(14)7-4-8(12)6-9(5-7)17(11,15)16/h1,4-6H,3H2,(H,13,14). The highest BCUT2D eigenvalue weighted by atomic mass is 35.7. The predicted molar refractivity (Wildman–Crippen MR) is 60.6 cm³/mol. The van der Waals surface area contributed by atoms with Crippen LogP contribution >= 0.6 is 10.7 Å². The average molecular weight is 276 g/mol. The summed E-state index contributed by atoms with van der Waals surface area (Å²) < 4.78 is 35.1. The van der Waals surface area contributed by atoms with Crippen molar-refractivity contribution < 1.29 is 17.6 Å². The molecule has 4 nitrogen and oxygen atoms in total. The molecule has 1 aromatic rings. The number of benzene rings is 1. The van der Waals surface area contributed by atoms with Crippen molar-refractivity contribution in [2.24, 2.45) is 0 Å². The van der Waals surface area contributed by atoms with E-state index in [0.717, 1.165) is 18.2 Å². The third kappa shape index (κ3) is 3.73. The van der Waals surface area contributed by atoms with Gasteiger partial charge in [0.25, 0.3) is 15.0 Å². The topological polar surface area (TPSA) is 63.2 Å². The molecule has 0 aliphatic rings. The van der Waals surface area contributed by atoms with E-state index >= 15 is 0 Å². The Morgan fingerprint density at radius 1 is 1.47 bits per heavy atom. The molecule has 0 spiro atoms. The number of halogens is 2. The van der Waals surface area contributed by atoms with Gasteiger partial charge in [-0.25, -0.2) is 12.8 Å². The first-order valence-corrected chi connectivity index (χ1v) is 6.62. The molecule has 0 saturated heterocycles. The van der Waals surface area contributed by atoms with Crippen molar-refractivity contribution in [3.63, 3.8) is 0 Å². The third-order valence-electron chi connectivity index (χ3n) is 1.77. The van der Waals surface area contributed by atoms with Crippen molar-refractivity contribution in [3.8, 4) is 12.3 Å². The first-order valence-electron chi connectivity index (χ1n) is 4.31. The number of rotatable bonds is 3. The largest absolute Gasteiger partial charge is 0.341 e. The zero-order valence-corrected chi connectivity index (χ0v) is 9.98. The summed E-state index contributed by atoms with van der Waals surface area (Å²) >= 11 is 0. The molecule has 0 aromatic heterocycles. The molecule has 0 aliphatic carbocycles. The summed E-state index contributed by atoms with van der Waals surface area (Å²) in [5.41, 5.74) is -0.167. The molecule has 0 atom stereocenters. The summed E-state index contributed by atoms with van der Waals surface area (Å²) in [6.45, 7) is -0.0433. The van der Waals surface area contributed by atoms with Gasteiger partial charge in [-0.05, 0) is 18.2 Å². The lowest BCUT2D eigenvalue weighted by molar-refractivity contribution is 0.0958. The summed E-state index contributed by atoms with van der Waals surface area (Å²) in [5, 5.41) is 2.27. The number of carbonyl (C=O) groups is 1. The van der Waals surface area contributed by atoms with Gasteiger partial charge in [0.15, 0.2) is 0 Å². The van der Waals surface area contributed by atoms with E-state index in [2.05, 4.69) is 11.2 Å². The fraction of sp³-hybridized carbons (Fsp3) is 0.100. The molecule has 0 saturated carbocycles. The molecular weight excluding hydrogens is 269 g/mol. The van der Waals surface area contributed by atoms with Gasteiger partial charge >= 0.3 is 0 Å². The Bertz CT molecular complexity index is 592. The van der Waals surface area contributed by atoms with Crippen LogP contribution in [0, 0.1) is 18.2 Å². The molecule has 1 rings (SSSR count). The number of hydrogen-bond acceptors (Lipinski definition) is 3. The molecule has 0 radical (unpaired) electrons. The van der Waals surface area contributed by atoms with Crippen LogP contribution in [0.2, 0.25) is 0 Å². The Labute approximate surface area is 102 Å². The molecule has 17 heavy (non-hydrogen) atoms. The Hall–Kier alpha value is -1.58. The van der Waals surface area contributed by atoms with Crippen molar-refractivity contribution in [1.82, 2.24) is 5.32 Å². The van der Waals surface area contributed by atoms with Crippen molar-refractivity contribution in [2.45, 2.75) is 4.90 Å². The number of nitrogens with one attached hydrogen (secondary N) is 1. The Balaban J connectivity index is 3.15. The van der Waals surface area contributed by atoms with Gasteiger partial charge in [-0.1, -0.05) is 5.92 Å². The third-order valence-corrected chi connectivity index (χ3v) is 3.10. The van der Waals surface area contributed by atoms with Crippen molar-refractivity contribution in [2.75, 3.05) is 6.54 Å². The van der Waals surface area contributed by atoms with E-state index < -0.39 is 25.7 Å². The Morgan fingerprint density at radius 2 is 2.12 bits per heavy atom. The van der Waals surface area contributed by atoms with Crippen LogP contribution in [0.5, 0.6) is 0 Å². The average Bonchev–Trinajstić information content (AvgIpc) is 2.23. The molecule has 7 heteroatoms. The summed E-state index contributed by atoms with van der Waals surface area (Å²) in [6.07, 6.45) is 4.93. The second-order valence-corrected chi connectivity index (χ2v) is 5.57. The monoisotopic (exact) mass is 275 g/mol. The van der Waals surface area contributed by atoms with Crippen LogP contribution in [0.3, 0.4) is 0 Å². The minimum Gasteiger partial charge on any atom is -0.341 e. The van der Waals surface area contributed by atoms with Crippen molar-refractivity contribution in [3.05, 3.63) is 29.6 Å². The maximum atomic E-state index is 13.1. The van der Waals surface area contributed by atoms with Crippen LogP contribution in [0.4, 0.5) is 4.39 Å². The first-order chi connectivity index (χ1) is 7.84. The smallest absolute Gasteiger partial charge is 0.261 e. The molecule has 1 N–H and O–H groups in total. The van der Waals surface area contributed by atoms with Crippen LogP contribution in [0.25, 0.3) is 0 Å². The van der Waals surface area contributed by atoms with E-state index in [1.807, 2.05) is 0 Å². The molecule has 1 amide bonds. The molecule has 0 aliphatic heterocycles. The van der Waals surface area contributed by atoms with Crippen LogP contribution in [-0.4, -0.2) is 20.9 Å². The second-order valence-electron chi connectivity index (χ2n) is 3.00. The molecule has 0 unspecified atom stereocenters. The van der Waals surface area contributed by atoms with Gasteiger partial charge in [-0.2, -0.15) is 0 Å². The van der Waals surface area contributed by atoms with E-state index in [1.54, 1.807) is 0 Å². The lowest BCUT2D eigenvalue weighted by Gasteiger charge is -2.03. The highest BCUT2D eigenvalue weighted by molar-refractivity contribution is 8.13. The summed E-state index contributed by atoms with van der Waals surface area (Å²) in [4.78, 5) is 10.9. The van der Waals surface area contributed by atoms with Gasteiger partial charge < -0.3 is 5.32 Å². The fourth-order valence-corrected chi connectivity index (χ4v) is 1.86. The lowest BCUT2D eigenvalue weighted by atomic mass is 10.2. The minimum atomic E-state index is -4.09. The maximum absolute atomic E-state index is 13.1. The number of amides is 1. The lowest BCUT2D eigenvalue weighted by Crippen LogP contribution is -2.23. The molecule has 1 aromatic carbocycles. The zero-order valence-electron chi connectivity index (χ0n) is 8.41. The zero-order chi connectivity index (χ0) is 13.1. The SMILES string of the molecule is C#CCNC(=O)c1cc(F)cc(S(=O)(=O)Cl)c1. The number of terminal acetylenes is 1. The highest BCUT2D eigenvalue weighted by Gasteiger charge is 2.15. The van der Waals surface area contributed by atoms with Crippen molar-refractivity contribution in [1.29, 1.82) is 0 Å². The summed E-state index contributed by atoms with van der Waals surface area (Å²) in [7, 11) is 0.963. The van der Waals surface area contributed by atoms with Gasteiger partial charge in [0, 0.05) is 16.2 Å². The number of carbonyl (C=O) groups excluding carboxylic acids is 1. The highest BCUT2D eigenvalue weighted by Crippen LogP contribution is 2.18. The second kappa shape index (κ2) is 5.17. The molecule has 0 bridgehead atoms. The van der Waals surface area contributed by atoms with E-state index in [9.17, 15) is 17.6 Å². The van der Waals surface area contributed by atoms with Crippen LogP contribution in [-0.2, 0) is 9.05 Å². The first kappa shape index (κ1) is 13.5. The molecule has 0 heterocycles. The maximum Gasteiger partial charge on any atom is 0.261 e. The predicted octanol–water partition coefficient (Wildman–Crippen LogP) is 1.12. The minimum absolute atomic E-state index is 0.0433. The van der Waals surface area contributed by atoms with Crippen LogP contribution < -0.4 is 5.32 Å². The molecular formula is C10H7ClFNO3S.